The first-order chi connectivity index (χ1) is 14.0. The summed E-state index contributed by atoms with van der Waals surface area (Å²) in [7, 11) is -3.44. The van der Waals surface area contributed by atoms with Gasteiger partial charge in [-0.05, 0) is 24.6 Å². The predicted octanol–water partition coefficient (Wildman–Crippen LogP) is 1.78. The zero-order valence-electron chi connectivity index (χ0n) is 16.7. The summed E-state index contributed by atoms with van der Waals surface area (Å²) in [4.78, 5) is 6.72. The number of nitrogens with one attached hydrogen (secondary N) is 1. The van der Waals surface area contributed by atoms with Gasteiger partial charge in [0.25, 0.3) is 0 Å². The molecule has 1 aliphatic rings. The van der Waals surface area contributed by atoms with Gasteiger partial charge in [0.2, 0.25) is 10.0 Å². The van der Waals surface area contributed by atoms with Crippen LogP contribution in [0.15, 0.2) is 46.1 Å². The standard InChI is InChI=1S/C19H24N6O3S.HI/c1-2-21-19(22-14-17-5-3-4-16(12-17)13-20)24-7-9-25(10-8-24)29(26,27)15-18-6-11-28-23-18;/h3-6,11-12H,2,7-10,14-15H2,1H3,(H,21,22);1H. The van der Waals surface area contributed by atoms with E-state index >= 15 is 0 Å². The number of nitrogens with zero attached hydrogens (tertiary/aromatic N) is 5. The molecule has 1 aromatic heterocycles. The van der Waals surface area contributed by atoms with Crippen molar-refractivity contribution in [1.82, 2.24) is 19.7 Å². The molecule has 0 atom stereocenters. The highest BCUT2D eigenvalue weighted by atomic mass is 127. The second kappa shape index (κ2) is 11.3. The van der Waals surface area contributed by atoms with Crippen LogP contribution in [0.3, 0.4) is 0 Å². The van der Waals surface area contributed by atoms with E-state index in [2.05, 4.69) is 26.4 Å². The lowest BCUT2D eigenvalue weighted by atomic mass is 10.1. The Hall–Kier alpha value is -2.17. The molecule has 30 heavy (non-hydrogen) atoms. The highest BCUT2D eigenvalue weighted by molar-refractivity contribution is 14.0. The van der Waals surface area contributed by atoms with Crippen molar-refractivity contribution in [3.8, 4) is 6.07 Å². The Bertz CT molecular complexity index is 980. The molecule has 2 heterocycles. The number of piperazine rings is 1. The average molecular weight is 544 g/mol. The molecule has 0 bridgehead atoms. The maximum Gasteiger partial charge on any atom is 0.220 e. The molecule has 1 aromatic carbocycles. The number of hydrogen-bond donors (Lipinski definition) is 1. The monoisotopic (exact) mass is 544 g/mol. The number of hydrogen-bond acceptors (Lipinski definition) is 6. The Balaban J connectivity index is 0.00000320. The number of nitriles is 1. The van der Waals surface area contributed by atoms with Crippen LogP contribution in [0.4, 0.5) is 0 Å². The molecule has 0 radical (unpaired) electrons. The number of guanidine groups is 1. The third kappa shape index (κ3) is 6.41. The van der Waals surface area contributed by atoms with Gasteiger partial charge in [-0.15, -0.1) is 24.0 Å². The molecule has 0 unspecified atom stereocenters. The fraction of sp³-hybridized carbons (Fsp3) is 0.421. The van der Waals surface area contributed by atoms with Crippen LogP contribution in [0, 0.1) is 11.3 Å². The molecule has 11 heteroatoms. The van der Waals surface area contributed by atoms with Crippen LogP contribution in [0.25, 0.3) is 0 Å². The summed E-state index contributed by atoms with van der Waals surface area (Å²) in [5, 5.41) is 16.0. The molecule has 0 amide bonds. The molecule has 1 saturated heterocycles. The molecule has 9 nitrogen and oxygen atoms in total. The van der Waals surface area contributed by atoms with Crippen LogP contribution in [-0.4, -0.2) is 61.5 Å². The van der Waals surface area contributed by atoms with Gasteiger partial charge in [-0.3, -0.25) is 0 Å². The maximum absolute atomic E-state index is 12.6. The molecule has 162 valence electrons. The van der Waals surface area contributed by atoms with Gasteiger partial charge in [0.05, 0.1) is 23.9 Å². The number of aromatic nitrogens is 1. The lowest BCUT2D eigenvalue weighted by Crippen LogP contribution is -2.53. The molecule has 0 saturated carbocycles. The lowest BCUT2D eigenvalue weighted by Gasteiger charge is -2.35. The first-order valence-electron chi connectivity index (χ1n) is 9.41. The normalized spacial score (nSPS) is 15.3. The molecule has 0 spiro atoms. The first-order valence-corrected chi connectivity index (χ1v) is 11.0. The minimum atomic E-state index is -3.44. The molecular weight excluding hydrogens is 519 g/mol. The number of benzene rings is 1. The summed E-state index contributed by atoms with van der Waals surface area (Å²) in [5.41, 5.74) is 1.96. The van der Waals surface area contributed by atoms with Crippen LogP contribution in [0.2, 0.25) is 0 Å². The highest BCUT2D eigenvalue weighted by Crippen LogP contribution is 2.13. The maximum atomic E-state index is 12.6. The average Bonchev–Trinajstić information content (AvgIpc) is 3.23. The number of sulfonamides is 1. The van der Waals surface area contributed by atoms with Crippen molar-refractivity contribution < 1.29 is 12.9 Å². The largest absolute Gasteiger partial charge is 0.364 e. The van der Waals surface area contributed by atoms with E-state index in [1.54, 1.807) is 12.1 Å². The zero-order valence-corrected chi connectivity index (χ0v) is 19.8. The van der Waals surface area contributed by atoms with E-state index in [1.165, 1.54) is 10.6 Å². The van der Waals surface area contributed by atoms with Gasteiger partial charge >= 0.3 is 0 Å². The van der Waals surface area contributed by atoms with Crippen molar-refractivity contribution in [1.29, 1.82) is 5.26 Å². The Morgan fingerprint density at radius 1 is 1.30 bits per heavy atom. The molecule has 2 aromatic rings. The molecule has 1 aliphatic heterocycles. The van der Waals surface area contributed by atoms with Gasteiger partial charge in [0, 0.05) is 38.8 Å². The number of rotatable bonds is 6. The predicted molar refractivity (Wildman–Crippen MR) is 124 cm³/mol. The van der Waals surface area contributed by atoms with Crippen molar-refractivity contribution in [2.24, 2.45) is 4.99 Å². The van der Waals surface area contributed by atoms with E-state index in [4.69, 9.17) is 9.78 Å². The third-order valence-corrected chi connectivity index (χ3v) is 6.37. The minimum Gasteiger partial charge on any atom is -0.364 e. The van der Waals surface area contributed by atoms with E-state index < -0.39 is 10.0 Å². The summed E-state index contributed by atoms with van der Waals surface area (Å²) in [6, 6.07) is 11.0. The van der Waals surface area contributed by atoms with Crippen molar-refractivity contribution in [2.45, 2.75) is 19.2 Å². The van der Waals surface area contributed by atoms with Gasteiger partial charge in [0.1, 0.15) is 12.0 Å². The third-order valence-electron chi connectivity index (χ3n) is 4.56. The molecule has 0 aliphatic carbocycles. The second-order valence-corrected chi connectivity index (χ2v) is 8.58. The SMILES string of the molecule is CCNC(=NCc1cccc(C#N)c1)N1CCN(S(=O)(=O)Cc2ccon2)CC1.I. The Labute approximate surface area is 193 Å². The van der Waals surface area contributed by atoms with Gasteiger partial charge in [-0.25, -0.2) is 13.4 Å². The Kier molecular flexibility index (Phi) is 9.07. The highest BCUT2D eigenvalue weighted by Gasteiger charge is 2.28. The van der Waals surface area contributed by atoms with Gasteiger partial charge in [0.15, 0.2) is 5.96 Å². The first kappa shape index (κ1) is 24.1. The van der Waals surface area contributed by atoms with E-state index in [0.717, 1.165) is 11.5 Å². The van der Waals surface area contributed by atoms with Gasteiger partial charge in [-0.1, -0.05) is 17.3 Å². The second-order valence-electron chi connectivity index (χ2n) is 6.62. The molecular formula is C19H25IN6O3S. The number of halogens is 1. The van der Waals surface area contributed by atoms with Crippen molar-refractivity contribution in [3.63, 3.8) is 0 Å². The summed E-state index contributed by atoms with van der Waals surface area (Å²) >= 11 is 0. The van der Waals surface area contributed by atoms with Crippen LogP contribution < -0.4 is 5.32 Å². The van der Waals surface area contributed by atoms with Crippen molar-refractivity contribution >= 4 is 40.0 Å². The fourth-order valence-electron chi connectivity index (χ4n) is 3.10. The molecule has 1 N–H and O–H groups in total. The van der Waals surface area contributed by atoms with E-state index in [9.17, 15) is 8.42 Å². The molecule has 1 fully saturated rings. The fourth-order valence-corrected chi connectivity index (χ4v) is 4.52. The van der Waals surface area contributed by atoms with Crippen molar-refractivity contribution in [3.05, 3.63) is 53.4 Å². The summed E-state index contributed by atoms with van der Waals surface area (Å²) in [5.74, 6) is 0.579. The van der Waals surface area contributed by atoms with Gasteiger partial charge < -0.3 is 14.7 Å². The van der Waals surface area contributed by atoms with E-state index in [1.807, 2.05) is 25.1 Å². The van der Waals surface area contributed by atoms with Crippen LogP contribution in [0.5, 0.6) is 0 Å². The van der Waals surface area contributed by atoms with Crippen LogP contribution >= 0.6 is 24.0 Å². The van der Waals surface area contributed by atoms with Crippen molar-refractivity contribution in [2.75, 3.05) is 32.7 Å². The molecule has 3 rings (SSSR count). The van der Waals surface area contributed by atoms with Gasteiger partial charge in [-0.2, -0.15) is 9.57 Å². The van der Waals surface area contributed by atoms with Crippen LogP contribution in [0.1, 0.15) is 23.7 Å². The van der Waals surface area contributed by atoms with E-state index in [-0.39, 0.29) is 29.7 Å². The summed E-state index contributed by atoms with van der Waals surface area (Å²) in [6.07, 6.45) is 1.37. The van der Waals surface area contributed by atoms with Crippen LogP contribution in [-0.2, 0) is 22.3 Å². The summed E-state index contributed by atoms with van der Waals surface area (Å²) in [6.45, 7) is 5.00. The zero-order chi connectivity index (χ0) is 20.7. The Morgan fingerprint density at radius 2 is 2.07 bits per heavy atom. The Morgan fingerprint density at radius 3 is 2.70 bits per heavy atom. The quantitative estimate of drug-likeness (QED) is 0.335. The lowest BCUT2D eigenvalue weighted by molar-refractivity contribution is 0.259. The minimum absolute atomic E-state index is 0. The number of aliphatic imine (C=N–C) groups is 1. The smallest absolute Gasteiger partial charge is 0.220 e. The summed E-state index contributed by atoms with van der Waals surface area (Å²) < 4.78 is 31.4. The van der Waals surface area contributed by atoms with E-state index in [0.29, 0.717) is 50.5 Å². The topological polar surface area (TPSA) is 115 Å².